The summed E-state index contributed by atoms with van der Waals surface area (Å²) in [6.45, 7) is 0. The Labute approximate surface area is 117 Å². The van der Waals surface area contributed by atoms with Crippen LogP contribution in [0, 0.1) is 0 Å². The molecule has 2 N–H and O–H groups in total. The standard InChI is InChI=1S/C12H17N5O2S/c1-13-10-8-17-5-4-14-12(17)11(16-10)15-9-2-6-20(18,19)7-3-9/h4-5,8-9,13H,2-3,6-7H2,1H3,(H,15,16). The van der Waals surface area contributed by atoms with E-state index in [9.17, 15) is 8.42 Å². The second kappa shape index (κ2) is 4.93. The Hall–Kier alpha value is -1.83. The summed E-state index contributed by atoms with van der Waals surface area (Å²) in [5, 5.41) is 6.33. The van der Waals surface area contributed by atoms with E-state index in [0.717, 1.165) is 11.5 Å². The highest BCUT2D eigenvalue weighted by atomic mass is 32.2. The summed E-state index contributed by atoms with van der Waals surface area (Å²) in [5.74, 6) is 1.90. The first kappa shape index (κ1) is 13.2. The van der Waals surface area contributed by atoms with E-state index in [2.05, 4.69) is 20.6 Å². The molecule has 0 atom stereocenters. The lowest BCUT2D eigenvalue weighted by Crippen LogP contribution is -2.32. The number of hydrogen-bond acceptors (Lipinski definition) is 6. The molecule has 0 saturated carbocycles. The van der Waals surface area contributed by atoms with Crippen LogP contribution in [0.25, 0.3) is 5.65 Å². The molecule has 2 aromatic heterocycles. The Kier molecular flexibility index (Phi) is 3.25. The summed E-state index contributed by atoms with van der Waals surface area (Å²) in [4.78, 5) is 8.75. The highest BCUT2D eigenvalue weighted by Crippen LogP contribution is 2.21. The zero-order valence-electron chi connectivity index (χ0n) is 11.2. The van der Waals surface area contributed by atoms with Gasteiger partial charge in [-0.05, 0) is 12.8 Å². The summed E-state index contributed by atoms with van der Waals surface area (Å²) in [7, 11) is -1.04. The van der Waals surface area contributed by atoms with Crippen molar-refractivity contribution >= 4 is 27.1 Å². The van der Waals surface area contributed by atoms with E-state index in [1.165, 1.54) is 0 Å². The van der Waals surface area contributed by atoms with E-state index >= 15 is 0 Å². The van der Waals surface area contributed by atoms with Crippen molar-refractivity contribution in [2.24, 2.45) is 0 Å². The van der Waals surface area contributed by atoms with Gasteiger partial charge >= 0.3 is 0 Å². The average Bonchev–Trinajstić information content (AvgIpc) is 2.89. The van der Waals surface area contributed by atoms with Gasteiger partial charge < -0.3 is 15.0 Å². The van der Waals surface area contributed by atoms with Crippen LogP contribution >= 0.6 is 0 Å². The van der Waals surface area contributed by atoms with Crippen LogP contribution in [0.5, 0.6) is 0 Å². The molecule has 1 aliphatic rings. The van der Waals surface area contributed by atoms with Crippen molar-refractivity contribution < 1.29 is 8.42 Å². The van der Waals surface area contributed by atoms with Crippen LogP contribution < -0.4 is 10.6 Å². The molecule has 7 nitrogen and oxygen atoms in total. The molecule has 20 heavy (non-hydrogen) atoms. The normalized spacial score (nSPS) is 19.1. The fourth-order valence-electron chi connectivity index (χ4n) is 2.38. The number of nitrogens with zero attached hydrogens (tertiary/aromatic N) is 3. The minimum Gasteiger partial charge on any atom is -0.372 e. The van der Waals surface area contributed by atoms with Crippen molar-refractivity contribution in [1.29, 1.82) is 0 Å². The zero-order chi connectivity index (χ0) is 14.2. The number of anilines is 2. The van der Waals surface area contributed by atoms with Crippen molar-refractivity contribution in [2.45, 2.75) is 18.9 Å². The van der Waals surface area contributed by atoms with Gasteiger partial charge in [-0.15, -0.1) is 0 Å². The van der Waals surface area contributed by atoms with Gasteiger partial charge in [-0.1, -0.05) is 0 Å². The highest BCUT2D eigenvalue weighted by molar-refractivity contribution is 7.91. The molecule has 108 valence electrons. The molecule has 0 aliphatic carbocycles. The van der Waals surface area contributed by atoms with Gasteiger partial charge in [-0.2, -0.15) is 0 Å². The maximum absolute atomic E-state index is 11.5. The van der Waals surface area contributed by atoms with Crippen molar-refractivity contribution in [3.05, 3.63) is 18.6 Å². The Morgan fingerprint density at radius 3 is 2.80 bits per heavy atom. The monoisotopic (exact) mass is 295 g/mol. The van der Waals surface area contributed by atoms with E-state index in [4.69, 9.17) is 0 Å². The zero-order valence-corrected chi connectivity index (χ0v) is 12.0. The third-order valence-electron chi connectivity index (χ3n) is 3.53. The van der Waals surface area contributed by atoms with E-state index < -0.39 is 9.84 Å². The predicted molar refractivity (Wildman–Crippen MR) is 77.8 cm³/mol. The van der Waals surface area contributed by atoms with Crippen molar-refractivity contribution in [2.75, 3.05) is 29.2 Å². The number of aromatic nitrogens is 3. The number of sulfone groups is 1. The van der Waals surface area contributed by atoms with Gasteiger partial charge in [0.1, 0.15) is 15.7 Å². The molecule has 2 aromatic rings. The van der Waals surface area contributed by atoms with Crippen LogP contribution in [0.1, 0.15) is 12.8 Å². The molecule has 8 heteroatoms. The van der Waals surface area contributed by atoms with Gasteiger partial charge in [0.2, 0.25) is 0 Å². The molecule has 1 saturated heterocycles. The quantitative estimate of drug-likeness (QED) is 0.869. The molecule has 0 radical (unpaired) electrons. The maximum atomic E-state index is 11.5. The summed E-state index contributed by atoms with van der Waals surface area (Å²) < 4.78 is 24.8. The molecule has 0 aromatic carbocycles. The maximum Gasteiger partial charge on any atom is 0.180 e. The molecular formula is C12H17N5O2S. The van der Waals surface area contributed by atoms with Crippen molar-refractivity contribution in [1.82, 2.24) is 14.4 Å². The first-order valence-electron chi connectivity index (χ1n) is 6.56. The summed E-state index contributed by atoms with van der Waals surface area (Å²) in [6, 6.07) is 0.124. The molecule has 3 heterocycles. The highest BCUT2D eigenvalue weighted by Gasteiger charge is 2.24. The minimum atomic E-state index is -2.85. The van der Waals surface area contributed by atoms with Gasteiger partial charge in [-0.25, -0.2) is 18.4 Å². The van der Waals surface area contributed by atoms with Crippen molar-refractivity contribution in [3.8, 4) is 0 Å². The van der Waals surface area contributed by atoms with Crippen LogP contribution in [0.4, 0.5) is 11.6 Å². The molecule has 3 rings (SSSR count). The Morgan fingerprint density at radius 2 is 2.10 bits per heavy atom. The van der Waals surface area contributed by atoms with Crippen LogP contribution in [0.3, 0.4) is 0 Å². The van der Waals surface area contributed by atoms with Crippen LogP contribution in [-0.2, 0) is 9.84 Å². The third kappa shape index (κ3) is 2.55. The number of nitrogens with one attached hydrogen (secondary N) is 2. The van der Waals surface area contributed by atoms with Gasteiger partial charge in [0.25, 0.3) is 0 Å². The largest absolute Gasteiger partial charge is 0.372 e. The second-order valence-electron chi connectivity index (χ2n) is 4.95. The Morgan fingerprint density at radius 1 is 1.35 bits per heavy atom. The summed E-state index contributed by atoms with van der Waals surface area (Å²) in [6.07, 6.45) is 6.65. The first-order valence-corrected chi connectivity index (χ1v) is 8.38. The van der Waals surface area contributed by atoms with E-state index in [1.54, 1.807) is 6.20 Å². The molecule has 1 aliphatic heterocycles. The smallest absolute Gasteiger partial charge is 0.180 e. The lowest BCUT2D eigenvalue weighted by Gasteiger charge is -2.23. The van der Waals surface area contributed by atoms with E-state index in [0.29, 0.717) is 18.7 Å². The van der Waals surface area contributed by atoms with E-state index in [-0.39, 0.29) is 17.5 Å². The van der Waals surface area contributed by atoms with Gasteiger partial charge in [0, 0.05) is 25.5 Å². The van der Waals surface area contributed by atoms with Gasteiger partial charge in [-0.3, -0.25) is 0 Å². The van der Waals surface area contributed by atoms with Gasteiger partial charge in [0.15, 0.2) is 11.5 Å². The number of hydrogen-bond donors (Lipinski definition) is 2. The number of fused-ring (bicyclic) bond motifs is 1. The molecule has 0 amide bonds. The molecule has 0 unspecified atom stereocenters. The average molecular weight is 295 g/mol. The molecule has 0 spiro atoms. The fourth-order valence-corrected chi connectivity index (χ4v) is 3.87. The van der Waals surface area contributed by atoms with Crippen LogP contribution in [-0.4, -0.2) is 47.4 Å². The number of rotatable bonds is 3. The fraction of sp³-hybridized carbons (Fsp3) is 0.500. The lowest BCUT2D eigenvalue weighted by atomic mass is 10.1. The van der Waals surface area contributed by atoms with Crippen LogP contribution in [0.15, 0.2) is 18.6 Å². The first-order chi connectivity index (χ1) is 9.57. The number of imidazole rings is 1. The third-order valence-corrected chi connectivity index (χ3v) is 5.24. The Bertz CT molecular complexity index is 711. The van der Waals surface area contributed by atoms with Crippen LogP contribution in [0.2, 0.25) is 0 Å². The summed E-state index contributed by atoms with van der Waals surface area (Å²) >= 11 is 0. The second-order valence-corrected chi connectivity index (χ2v) is 7.26. The van der Waals surface area contributed by atoms with Gasteiger partial charge in [0.05, 0.1) is 17.7 Å². The predicted octanol–water partition coefficient (Wildman–Crippen LogP) is 0.760. The Balaban J connectivity index is 1.85. The minimum absolute atomic E-state index is 0.124. The van der Waals surface area contributed by atoms with E-state index in [1.807, 2.05) is 23.8 Å². The molecular weight excluding hydrogens is 278 g/mol. The molecule has 1 fully saturated rings. The topological polar surface area (TPSA) is 88.4 Å². The summed E-state index contributed by atoms with van der Waals surface area (Å²) in [5.41, 5.74) is 0.748. The lowest BCUT2D eigenvalue weighted by molar-refractivity contribution is 0.559. The van der Waals surface area contributed by atoms with Crippen molar-refractivity contribution in [3.63, 3.8) is 0 Å². The SMILES string of the molecule is CNc1cn2ccnc2c(NC2CCS(=O)(=O)CC2)n1. The molecule has 0 bridgehead atoms.